The standard InChI is InChI=1S/C24H25F4NO3/c25-17-4-2-15(3-5-17)22-23(10-1-11-29-22)13-16(14-30-23)20-12-19(32-24(26,27)28)8-9-21(20)31-18-6-7-18/h2-5,8-9,12,16,18,22,29H,1,6-7,10-11,13-14H2/t16-,22-,23+/m0/s1. The van der Waals surface area contributed by atoms with Crippen molar-refractivity contribution in [3.05, 3.63) is 59.4 Å². The topological polar surface area (TPSA) is 39.7 Å². The van der Waals surface area contributed by atoms with E-state index >= 15 is 0 Å². The molecule has 8 heteroatoms. The Balaban J connectivity index is 1.44. The van der Waals surface area contributed by atoms with E-state index in [9.17, 15) is 17.6 Å². The third-order valence-corrected chi connectivity index (χ3v) is 6.49. The summed E-state index contributed by atoms with van der Waals surface area (Å²) < 4.78 is 68.5. The largest absolute Gasteiger partial charge is 0.573 e. The van der Waals surface area contributed by atoms with E-state index in [1.165, 1.54) is 24.3 Å². The van der Waals surface area contributed by atoms with Crippen LogP contribution in [0.3, 0.4) is 0 Å². The summed E-state index contributed by atoms with van der Waals surface area (Å²) >= 11 is 0. The van der Waals surface area contributed by atoms with Crippen LogP contribution in [-0.4, -0.2) is 31.2 Å². The summed E-state index contributed by atoms with van der Waals surface area (Å²) in [7, 11) is 0. The Bertz CT molecular complexity index is 961. The zero-order valence-corrected chi connectivity index (χ0v) is 17.5. The van der Waals surface area contributed by atoms with Crippen molar-refractivity contribution in [2.75, 3.05) is 13.2 Å². The normalized spacial score (nSPS) is 28.1. The maximum Gasteiger partial charge on any atom is 0.573 e. The maximum atomic E-state index is 13.5. The number of benzene rings is 2. The molecular formula is C24H25F4NO3. The lowest BCUT2D eigenvalue weighted by Gasteiger charge is -2.41. The Labute approximate surface area is 183 Å². The zero-order chi connectivity index (χ0) is 22.3. The molecule has 32 heavy (non-hydrogen) atoms. The van der Waals surface area contributed by atoms with Gasteiger partial charge in [0.05, 0.1) is 24.4 Å². The van der Waals surface area contributed by atoms with Gasteiger partial charge in [0, 0.05) is 11.5 Å². The molecular weight excluding hydrogens is 426 g/mol. The van der Waals surface area contributed by atoms with Crippen molar-refractivity contribution in [3.8, 4) is 11.5 Å². The highest BCUT2D eigenvalue weighted by Gasteiger charge is 2.49. The Morgan fingerprint density at radius 1 is 1.06 bits per heavy atom. The number of nitrogens with one attached hydrogen (secondary N) is 1. The quantitative estimate of drug-likeness (QED) is 0.598. The van der Waals surface area contributed by atoms with Gasteiger partial charge in [0.1, 0.15) is 17.3 Å². The van der Waals surface area contributed by atoms with Gasteiger partial charge in [-0.2, -0.15) is 0 Å². The Morgan fingerprint density at radius 2 is 1.84 bits per heavy atom. The minimum atomic E-state index is -4.76. The van der Waals surface area contributed by atoms with Crippen molar-refractivity contribution in [2.24, 2.45) is 0 Å². The summed E-state index contributed by atoms with van der Waals surface area (Å²) in [6, 6.07) is 10.6. The summed E-state index contributed by atoms with van der Waals surface area (Å²) in [6.45, 7) is 1.19. The molecule has 1 saturated carbocycles. The summed E-state index contributed by atoms with van der Waals surface area (Å²) in [5.74, 6) is -0.0984. The molecule has 5 rings (SSSR count). The van der Waals surface area contributed by atoms with Gasteiger partial charge in [-0.25, -0.2) is 4.39 Å². The fourth-order valence-corrected chi connectivity index (χ4v) is 4.93. The number of piperidine rings is 1. The highest BCUT2D eigenvalue weighted by Crippen LogP contribution is 2.50. The number of halogens is 4. The monoisotopic (exact) mass is 451 g/mol. The number of hydrogen-bond acceptors (Lipinski definition) is 4. The van der Waals surface area contributed by atoms with E-state index in [0.717, 1.165) is 37.8 Å². The van der Waals surface area contributed by atoms with Crippen molar-refractivity contribution in [1.29, 1.82) is 0 Å². The SMILES string of the molecule is Fc1ccc([C@@H]2NCCC[C@@]23C[C@H](c2cc(OC(F)(F)F)ccc2OC2CC2)CO3)cc1. The molecule has 3 fully saturated rings. The molecule has 0 amide bonds. The van der Waals surface area contributed by atoms with E-state index in [2.05, 4.69) is 10.1 Å². The van der Waals surface area contributed by atoms with Gasteiger partial charge in [0.25, 0.3) is 0 Å². The lowest BCUT2D eigenvalue weighted by Crippen LogP contribution is -2.48. The third kappa shape index (κ3) is 4.57. The van der Waals surface area contributed by atoms with Crippen molar-refractivity contribution in [3.63, 3.8) is 0 Å². The van der Waals surface area contributed by atoms with E-state index in [1.807, 2.05) is 0 Å². The molecule has 2 heterocycles. The molecule has 1 spiro atoms. The van der Waals surface area contributed by atoms with Crippen LogP contribution in [0, 0.1) is 5.82 Å². The predicted molar refractivity (Wildman–Crippen MR) is 109 cm³/mol. The van der Waals surface area contributed by atoms with Crippen LogP contribution in [0.1, 0.15) is 55.2 Å². The van der Waals surface area contributed by atoms with E-state index in [1.54, 1.807) is 18.2 Å². The molecule has 1 aliphatic carbocycles. The highest BCUT2D eigenvalue weighted by molar-refractivity contribution is 5.44. The van der Waals surface area contributed by atoms with E-state index < -0.39 is 12.0 Å². The number of hydrogen-bond donors (Lipinski definition) is 1. The van der Waals surface area contributed by atoms with Gasteiger partial charge in [-0.1, -0.05) is 12.1 Å². The van der Waals surface area contributed by atoms with Crippen LogP contribution in [0.2, 0.25) is 0 Å². The second kappa shape index (κ2) is 8.23. The second-order valence-electron chi connectivity index (χ2n) is 8.88. The molecule has 0 unspecified atom stereocenters. The van der Waals surface area contributed by atoms with Crippen molar-refractivity contribution >= 4 is 0 Å². The molecule has 4 nitrogen and oxygen atoms in total. The number of alkyl halides is 3. The average molecular weight is 451 g/mol. The van der Waals surface area contributed by atoms with Crippen LogP contribution in [0.25, 0.3) is 0 Å². The summed E-state index contributed by atoms with van der Waals surface area (Å²) in [6.07, 6.45) is -0.390. The third-order valence-electron chi connectivity index (χ3n) is 6.49. The van der Waals surface area contributed by atoms with E-state index in [4.69, 9.17) is 9.47 Å². The van der Waals surface area contributed by atoms with Gasteiger partial charge in [0.2, 0.25) is 0 Å². The van der Waals surface area contributed by atoms with Crippen LogP contribution in [0.15, 0.2) is 42.5 Å². The Hall–Kier alpha value is -2.32. The first kappa shape index (κ1) is 21.5. The Kier molecular flexibility index (Phi) is 5.53. The van der Waals surface area contributed by atoms with Crippen molar-refractivity contribution in [1.82, 2.24) is 5.32 Å². The molecule has 3 aliphatic rings. The zero-order valence-electron chi connectivity index (χ0n) is 17.5. The summed E-state index contributed by atoms with van der Waals surface area (Å²) in [4.78, 5) is 0. The van der Waals surface area contributed by atoms with Crippen LogP contribution >= 0.6 is 0 Å². The van der Waals surface area contributed by atoms with Crippen LogP contribution in [0.4, 0.5) is 17.6 Å². The molecule has 2 aliphatic heterocycles. The summed E-state index contributed by atoms with van der Waals surface area (Å²) in [5, 5.41) is 3.51. The number of rotatable bonds is 5. The highest BCUT2D eigenvalue weighted by atomic mass is 19.4. The molecule has 2 aromatic rings. The van der Waals surface area contributed by atoms with Gasteiger partial charge in [-0.05, 0) is 74.5 Å². The van der Waals surface area contributed by atoms with Gasteiger partial charge in [0.15, 0.2) is 0 Å². The minimum Gasteiger partial charge on any atom is -0.490 e. The van der Waals surface area contributed by atoms with E-state index in [0.29, 0.717) is 24.3 Å². The molecule has 172 valence electrons. The average Bonchev–Trinajstić information content (AvgIpc) is 3.47. The number of ether oxygens (including phenoxy) is 3. The van der Waals surface area contributed by atoms with E-state index in [-0.39, 0.29) is 29.6 Å². The van der Waals surface area contributed by atoms with Gasteiger partial charge in [-0.15, -0.1) is 13.2 Å². The lowest BCUT2D eigenvalue weighted by atomic mass is 9.77. The van der Waals surface area contributed by atoms with Crippen LogP contribution in [-0.2, 0) is 4.74 Å². The predicted octanol–water partition coefficient (Wildman–Crippen LogP) is 5.63. The fraction of sp³-hybridized carbons (Fsp3) is 0.500. The molecule has 2 aromatic carbocycles. The maximum absolute atomic E-state index is 13.5. The smallest absolute Gasteiger partial charge is 0.490 e. The molecule has 2 saturated heterocycles. The van der Waals surface area contributed by atoms with Crippen molar-refractivity contribution in [2.45, 2.75) is 62.1 Å². The second-order valence-corrected chi connectivity index (χ2v) is 8.88. The molecule has 3 atom stereocenters. The van der Waals surface area contributed by atoms with Gasteiger partial charge < -0.3 is 19.5 Å². The van der Waals surface area contributed by atoms with Gasteiger partial charge >= 0.3 is 6.36 Å². The first-order valence-electron chi connectivity index (χ1n) is 11.0. The first-order chi connectivity index (χ1) is 15.3. The molecule has 1 N–H and O–H groups in total. The molecule has 0 aromatic heterocycles. The van der Waals surface area contributed by atoms with Crippen LogP contribution in [0.5, 0.6) is 11.5 Å². The lowest BCUT2D eigenvalue weighted by molar-refractivity contribution is -0.274. The molecule has 0 radical (unpaired) electrons. The first-order valence-corrected chi connectivity index (χ1v) is 11.0. The Morgan fingerprint density at radius 3 is 2.56 bits per heavy atom. The summed E-state index contributed by atoms with van der Waals surface area (Å²) in [5.41, 5.74) is 1.10. The fourth-order valence-electron chi connectivity index (χ4n) is 4.93. The van der Waals surface area contributed by atoms with Gasteiger partial charge in [-0.3, -0.25) is 0 Å². The molecule has 0 bridgehead atoms. The minimum absolute atomic E-state index is 0.114. The van der Waals surface area contributed by atoms with Crippen molar-refractivity contribution < 1.29 is 31.8 Å². The van der Waals surface area contributed by atoms with Crippen LogP contribution < -0.4 is 14.8 Å².